The van der Waals surface area contributed by atoms with Crippen molar-refractivity contribution in [2.45, 2.75) is 19.4 Å². The van der Waals surface area contributed by atoms with Gasteiger partial charge < -0.3 is 14.9 Å². The molecule has 1 amide bonds. The van der Waals surface area contributed by atoms with Crippen molar-refractivity contribution < 1.29 is 19.2 Å². The Kier molecular flexibility index (Phi) is 4.14. The molecule has 6 heteroatoms. The summed E-state index contributed by atoms with van der Waals surface area (Å²) in [5, 5.41) is 15.1. The highest BCUT2D eigenvalue weighted by Crippen LogP contribution is 2.08. The second-order valence-electron chi connectivity index (χ2n) is 4.39. The highest BCUT2D eigenvalue weighted by atomic mass is 16.5. The first-order valence-electron chi connectivity index (χ1n) is 6.07. The number of hydrogen-bond acceptors (Lipinski definition) is 4. The average molecular weight is 274 g/mol. The summed E-state index contributed by atoms with van der Waals surface area (Å²) < 4.78 is 4.80. The topological polar surface area (TPSA) is 92.4 Å². The highest BCUT2D eigenvalue weighted by Gasteiger charge is 2.23. The molecule has 1 aromatic carbocycles. The molecule has 0 bridgehead atoms. The Morgan fingerprint density at radius 2 is 2.05 bits per heavy atom. The first-order chi connectivity index (χ1) is 9.58. The fourth-order valence-corrected chi connectivity index (χ4v) is 1.78. The third kappa shape index (κ3) is 3.23. The first kappa shape index (κ1) is 13.8. The van der Waals surface area contributed by atoms with Gasteiger partial charge in [-0.05, 0) is 12.5 Å². The van der Waals surface area contributed by atoms with Crippen LogP contribution in [0, 0.1) is 6.92 Å². The Balaban J connectivity index is 2.09. The summed E-state index contributed by atoms with van der Waals surface area (Å²) in [4.78, 5) is 23.2. The molecule has 104 valence electrons. The third-order valence-corrected chi connectivity index (χ3v) is 2.84. The minimum atomic E-state index is -1.10. The van der Waals surface area contributed by atoms with Crippen LogP contribution in [0.2, 0.25) is 0 Å². The summed E-state index contributed by atoms with van der Waals surface area (Å²) in [6.07, 6.45) is 1.61. The number of hydrogen-bond donors (Lipinski definition) is 2. The van der Waals surface area contributed by atoms with Gasteiger partial charge in [-0.3, -0.25) is 4.79 Å². The molecule has 1 atom stereocenters. The van der Waals surface area contributed by atoms with E-state index in [9.17, 15) is 14.7 Å². The Morgan fingerprint density at radius 3 is 2.60 bits per heavy atom. The second-order valence-corrected chi connectivity index (χ2v) is 4.39. The third-order valence-electron chi connectivity index (χ3n) is 2.84. The normalized spacial score (nSPS) is 11.8. The van der Waals surface area contributed by atoms with Crippen LogP contribution in [-0.2, 0) is 11.2 Å². The van der Waals surface area contributed by atoms with Crippen molar-refractivity contribution in [1.82, 2.24) is 10.5 Å². The van der Waals surface area contributed by atoms with Crippen LogP contribution in [0.5, 0.6) is 0 Å². The van der Waals surface area contributed by atoms with E-state index in [1.54, 1.807) is 6.92 Å². The van der Waals surface area contributed by atoms with E-state index in [1.165, 1.54) is 6.20 Å². The lowest BCUT2D eigenvalue weighted by atomic mass is 10.1. The number of carboxylic acids is 1. The Labute approximate surface area is 115 Å². The molecule has 0 spiro atoms. The number of carbonyl (C=O) groups excluding carboxylic acids is 1. The van der Waals surface area contributed by atoms with Gasteiger partial charge in [0.15, 0.2) is 0 Å². The number of amides is 1. The van der Waals surface area contributed by atoms with Crippen molar-refractivity contribution in [3.05, 3.63) is 53.4 Å². The standard InChI is InChI=1S/C14H14N2O4/c1-9-8-15-20-12(9)13(17)16-11(14(18)19)7-10-5-3-2-4-6-10/h2-6,8,11H,7H2,1H3,(H,16,17)(H,18,19)/t11-/m0/s1. The molecule has 0 unspecified atom stereocenters. The van der Waals surface area contributed by atoms with Gasteiger partial charge in [0.05, 0.1) is 6.20 Å². The number of aryl methyl sites for hydroxylation is 1. The predicted octanol–water partition coefficient (Wildman–Crippen LogP) is 1.41. The number of aromatic nitrogens is 1. The Hall–Kier alpha value is -2.63. The number of nitrogens with one attached hydrogen (secondary N) is 1. The lowest BCUT2D eigenvalue weighted by Gasteiger charge is -2.13. The summed E-state index contributed by atoms with van der Waals surface area (Å²) in [5.41, 5.74) is 1.39. The fraction of sp³-hybridized carbons (Fsp3) is 0.214. The Morgan fingerprint density at radius 1 is 1.35 bits per heavy atom. The molecule has 2 N–H and O–H groups in total. The van der Waals surface area contributed by atoms with Crippen molar-refractivity contribution >= 4 is 11.9 Å². The van der Waals surface area contributed by atoms with Crippen LogP contribution in [0.4, 0.5) is 0 Å². The monoisotopic (exact) mass is 274 g/mol. The van der Waals surface area contributed by atoms with E-state index in [-0.39, 0.29) is 12.2 Å². The molecule has 1 aromatic heterocycles. The van der Waals surface area contributed by atoms with Crippen LogP contribution < -0.4 is 5.32 Å². The largest absolute Gasteiger partial charge is 0.480 e. The molecule has 20 heavy (non-hydrogen) atoms. The van der Waals surface area contributed by atoms with Crippen LogP contribution in [0.1, 0.15) is 21.7 Å². The van der Waals surface area contributed by atoms with Gasteiger partial charge in [0.1, 0.15) is 6.04 Å². The quantitative estimate of drug-likeness (QED) is 0.860. The molecule has 6 nitrogen and oxygen atoms in total. The molecule has 1 heterocycles. The minimum Gasteiger partial charge on any atom is -0.480 e. The number of nitrogens with zero attached hydrogens (tertiary/aromatic N) is 1. The number of aliphatic carboxylic acids is 1. The van der Waals surface area contributed by atoms with Gasteiger partial charge in [0, 0.05) is 12.0 Å². The van der Waals surface area contributed by atoms with E-state index in [0.29, 0.717) is 5.56 Å². The molecule has 0 saturated heterocycles. The Bertz CT molecular complexity index is 607. The van der Waals surface area contributed by atoms with Crippen molar-refractivity contribution in [3.63, 3.8) is 0 Å². The molecule has 0 aliphatic rings. The fourth-order valence-electron chi connectivity index (χ4n) is 1.78. The molecule has 0 aliphatic carbocycles. The van der Waals surface area contributed by atoms with Crippen LogP contribution in [-0.4, -0.2) is 28.2 Å². The SMILES string of the molecule is Cc1cnoc1C(=O)N[C@@H](Cc1ccccc1)C(=O)O. The summed E-state index contributed by atoms with van der Waals surface area (Å²) in [6.45, 7) is 1.67. The minimum absolute atomic E-state index is 0.0318. The maximum absolute atomic E-state index is 11.9. The van der Waals surface area contributed by atoms with Gasteiger partial charge in [0.2, 0.25) is 5.76 Å². The molecule has 0 saturated carbocycles. The number of carbonyl (C=O) groups is 2. The van der Waals surface area contributed by atoms with Gasteiger partial charge in [0.25, 0.3) is 5.91 Å². The molecule has 2 rings (SSSR count). The van der Waals surface area contributed by atoms with Crippen molar-refractivity contribution in [2.75, 3.05) is 0 Å². The van der Waals surface area contributed by atoms with E-state index in [1.807, 2.05) is 30.3 Å². The number of rotatable bonds is 5. The van der Waals surface area contributed by atoms with E-state index in [0.717, 1.165) is 5.56 Å². The van der Waals surface area contributed by atoms with E-state index in [2.05, 4.69) is 10.5 Å². The zero-order valence-corrected chi connectivity index (χ0v) is 10.9. The van der Waals surface area contributed by atoms with Gasteiger partial charge in [-0.2, -0.15) is 0 Å². The lowest BCUT2D eigenvalue weighted by molar-refractivity contribution is -0.139. The number of carboxylic acid groups (broad SMARTS) is 1. The highest BCUT2D eigenvalue weighted by molar-refractivity contribution is 5.95. The van der Waals surface area contributed by atoms with Crippen LogP contribution in [0.25, 0.3) is 0 Å². The van der Waals surface area contributed by atoms with Crippen molar-refractivity contribution in [3.8, 4) is 0 Å². The summed E-state index contributed by atoms with van der Waals surface area (Å²) in [7, 11) is 0. The summed E-state index contributed by atoms with van der Waals surface area (Å²) in [5.74, 6) is -1.65. The summed E-state index contributed by atoms with van der Waals surface area (Å²) in [6, 6.07) is 8.07. The maximum Gasteiger partial charge on any atom is 0.326 e. The van der Waals surface area contributed by atoms with E-state index >= 15 is 0 Å². The molecular formula is C14H14N2O4. The molecular weight excluding hydrogens is 260 g/mol. The molecule has 2 aromatic rings. The average Bonchev–Trinajstić information content (AvgIpc) is 2.85. The molecule has 0 fully saturated rings. The van der Waals surface area contributed by atoms with Crippen LogP contribution in [0.3, 0.4) is 0 Å². The predicted molar refractivity (Wildman–Crippen MR) is 70.3 cm³/mol. The van der Waals surface area contributed by atoms with Gasteiger partial charge in [-0.1, -0.05) is 35.5 Å². The number of benzene rings is 1. The zero-order valence-electron chi connectivity index (χ0n) is 10.9. The molecule has 0 radical (unpaired) electrons. The van der Waals surface area contributed by atoms with Crippen molar-refractivity contribution in [2.24, 2.45) is 0 Å². The molecule has 0 aliphatic heterocycles. The first-order valence-corrected chi connectivity index (χ1v) is 6.07. The second kappa shape index (κ2) is 6.01. The van der Waals surface area contributed by atoms with E-state index < -0.39 is 17.9 Å². The van der Waals surface area contributed by atoms with Gasteiger partial charge in [-0.15, -0.1) is 0 Å². The maximum atomic E-state index is 11.9. The van der Waals surface area contributed by atoms with Crippen LogP contribution in [0.15, 0.2) is 41.1 Å². The van der Waals surface area contributed by atoms with Crippen LogP contribution >= 0.6 is 0 Å². The summed E-state index contributed by atoms with van der Waals surface area (Å²) >= 11 is 0. The van der Waals surface area contributed by atoms with E-state index in [4.69, 9.17) is 4.52 Å². The smallest absolute Gasteiger partial charge is 0.326 e. The van der Waals surface area contributed by atoms with Gasteiger partial charge >= 0.3 is 5.97 Å². The van der Waals surface area contributed by atoms with Gasteiger partial charge in [-0.25, -0.2) is 4.79 Å². The lowest BCUT2D eigenvalue weighted by Crippen LogP contribution is -2.42. The zero-order chi connectivity index (χ0) is 14.5. The van der Waals surface area contributed by atoms with Crippen molar-refractivity contribution in [1.29, 1.82) is 0 Å².